The molecule has 3 heteroatoms. The van der Waals surface area contributed by atoms with Gasteiger partial charge in [0.15, 0.2) is 0 Å². The van der Waals surface area contributed by atoms with Gasteiger partial charge in [0, 0.05) is 36.1 Å². The Kier molecular flexibility index (Phi) is 1.94. The number of hydrogen-bond acceptors (Lipinski definition) is 2. The van der Waals surface area contributed by atoms with E-state index in [1.54, 1.807) is 6.20 Å². The third kappa shape index (κ3) is 1.23. The quantitative estimate of drug-likeness (QED) is 0.668. The summed E-state index contributed by atoms with van der Waals surface area (Å²) in [5.41, 5.74) is 2.29. The van der Waals surface area contributed by atoms with E-state index < -0.39 is 0 Å². The summed E-state index contributed by atoms with van der Waals surface area (Å²) in [6, 6.07) is 2.63. The molecule has 2 heterocycles. The van der Waals surface area contributed by atoms with Crippen LogP contribution in [0, 0.1) is 12.0 Å². The maximum atomic E-state index is 7.01. The minimum absolute atomic E-state index is 0.522. The molecule has 82 valence electrons. The van der Waals surface area contributed by atoms with Crippen LogP contribution in [-0.4, -0.2) is 17.6 Å². The van der Waals surface area contributed by atoms with Crippen LogP contribution in [0.1, 0.15) is 26.2 Å². The Bertz CT molecular complexity index is 462. The molecule has 2 atom stereocenters. The molecule has 2 fully saturated rings. The van der Waals surface area contributed by atoms with Gasteiger partial charge in [0.05, 0.1) is 6.57 Å². The number of pyridine rings is 1. The van der Waals surface area contributed by atoms with Gasteiger partial charge in [-0.05, 0) is 18.9 Å². The predicted molar refractivity (Wildman–Crippen MR) is 63.6 cm³/mol. The van der Waals surface area contributed by atoms with Crippen LogP contribution in [0.2, 0.25) is 0 Å². The van der Waals surface area contributed by atoms with Gasteiger partial charge in [-0.3, -0.25) is 4.98 Å². The van der Waals surface area contributed by atoms with Crippen molar-refractivity contribution in [3.8, 4) is 0 Å². The molecular formula is C13H15N3. The first-order valence-electron chi connectivity index (χ1n) is 5.82. The molecule has 1 saturated carbocycles. The molecule has 0 spiro atoms. The fourth-order valence-electron chi connectivity index (χ4n) is 3.22. The normalized spacial score (nSPS) is 31.8. The van der Waals surface area contributed by atoms with E-state index in [2.05, 4.69) is 21.7 Å². The van der Waals surface area contributed by atoms with Gasteiger partial charge in [0.2, 0.25) is 5.69 Å². The second-order valence-corrected chi connectivity index (χ2v) is 5.20. The Hall–Kier alpha value is -1.56. The number of anilines is 1. The SMILES string of the molecule is [C-]#[N+]c1cncc(N2C[C@]3(C)CCC[C@H]23)c1. The summed E-state index contributed by atoms with van der Waals surface area (Å²) in [7, 11) is 0. The van der Waals surface area contributed by atoms with Crippen molar-refractivity contribution in [1.82, 2.24) is 4.98 Å². The third-order valence-electron chi connectivity index (χ3n) is 4.11. The van der Waals surface area contributed by atoms with Gasteiger partial charge >= 0.3 is 0 Å². The molecule has 0 N–H and O–H groups in total. The van der Waals surface area contributed by atoms with Crippen LogP contribution in [0.4, 0.5) is 11.4 Å². The molecule has 16 heavy (non-hydrogen) atoms. The van der Waals surface area contributed by atoms with Crippen molar-refractivity contribution in [3.05, 3.63) is 29.9 Å². The minimum Gasteiger partial charge on any atom is -0.367 e. The fraction of sp³-hybridized carbons (Fsp3) is 0.538. The number of rotatable bonds is 1. The lowest BCUT2D eigenvalue weighted by Crippen LogP contribution is -2.60. The fourth-order valence-corrected chi connectivity index (χ4v) is 3.22. The predicted octanol–water partition coefficient (Wildman–Crippen LogP) is 3.01. The number of nitrogens with zero attached hydrogens (tertiary/aromatic N) is 3. The molecule has 1 aliphatic heterocycles. The average Bonchev–Trinajstić information content (AvgIpc) is 2.58. The summed E-state index contributed by atoms with van der Waals surface area (Å²) < 4.78 is 0. The van der Waals surface area contributed by atoms with Crippen LogP contribution in [0.5, 0.6) is 0 Å². The number of hydrogen-bond donors (Lipinski definition) is 0. The molecule has 0 radical (unpaired) electrons. The van der Waals surface area contributed by atoms with E-state index in [0.29, 0.717) is 17.1 Å². The van der Waals surface area contributed by atoms with Gasteiger partial charge in [-0.15, -0.1) is 0 Å². The second kappa shape index (κ2) is 3.21. The molecule has 1 saturated heterocycles. The Morgan fingerprint density at radius 2 is 2.44 bits per heavy atom. The molecule has 3 rings (SSSR count). The van der Waals surface area contributed by atoms with Crippen LogP contribution in [0.3, 0.4) is 0 Å². The zero-order valence-corrected chi connectivity index (χ0v) is 9.48. The van der Waals surface area contributed by atoms with E-state index in [0.717, 1.165) is 12.2 Å². The van der Waals surface area contributed by atoms with Gasteiger partial charge < -0.3 is 4.90 Å². The van der Waals surface area contributed by atoms with Crippen molar-refractivity contribution in [2.24, 2.45) is 5.41 Å². The average molecular weight is 213 g/mol. The molecule has 0 aromatic carbocycles. The third-order valence-corrected chi connectivity index (χ3v) is 4.11. The van der Waals surface area contributed by atoms with E-state index in [4.69, 9.17) is 6.57 Å². The van der Waals surface area contributed by atoms with E-state index >= 15 is 0 Å². The van der Waals surface area contributed by atoms with Crippen molar-refractivity contribution in [3.63, 3.8) is 0 Å². The minimum atomic E-state index is 0.522. The number of aromatic nitrogens is 1. The first kappa shape index (κ1) is 9.65. The van der Waals surface area contributed by atoms with E-state index in [9.17, 15) is 0 Å². The van der Waals surface area contributed by atoms with Gasteiger partial charge in [-0.2, -0.15) is 0 Å². The second-order valence-electron chi connectivity index (χ2n) is 5.20. The summed E-state index contributed by atoms with van der Waals surface area (Å²) in [5.74, 6) is 0. The zero-order valence-electron chi connectivity index (χ0n) is 9.48. The molecule has 3 nitrogen and oxygen atoms in total. The van der Waals surface area contributed by atoms with Crippen molar-refractivity contribution in [1.29, 1.82) is 0 Å². The van der Waals surface area contributed by atoms with Crippen LogP contribution < -0.4 is 4.90 Å². The number of fused-ring (bicyclic) bond motifs is 1. The lowest BCUT2D eigenvalue weighted by atomic mass is 9.75. The van der Waals surface area contributed by atoms with Crippen LogP contribution in [-0.2, 0) is 0 Å². The molecule has 2 aliphatic rings. The zero-order chi connectivity index (χ0) is 11.2. The van der Waals surface area contributed by atoms with Crippen molar-refractivity contribution < 1.29 is 0 Å². The molecule has 0 amide bonds. The summed E-state index contributed by atoms with van der Waals surface area (Å²) >= 11 is 0. The summed E-state index contributed by atoms with van der Waals surface area (Å²) in [5, 5.41) is 0. The molecule has 0 bridgehead atoms. The van der Waals surface area contributed by atoms with Crippen LogP contribution in [0.15, 0.2) is 18.5 Å². The van der Waals surface area contributed by atoms with E-state index in [1.165, 1.54) is 19.3 Å². The van der Waals surface area contributed by atoms with Crippen LogP contribution in [0.25, 0.3) is 4.85 Å². The highest BCUT2D eigenvalue weighted by atomic mass is 15.3. The molecule has 1 aromatic heterocycles. The van der Waals surface area contributed by atoms with Gasteiger partial charge in [0.25, 0.3) is 0 Å². The lowest BCUT2D eigenvalue weighted by molar-refractivity contribution is 0.191. The Labute approximate surface area is 95.9 Å². The first-order valence-corrected chi connectivity index (χ1v) is 5.82. The van der Waals surface area contributed by atoms with Gasteiger partial charge in [0.1, 0.15) is 0 Å². The molecule has 1 aromatic rings. The smallest absolute Gasteiger partial charge is 0.207 e. The summed E-state index contributed by atoms with van der Waals surface area (Å²) in [4.78, 5) is 9.99. The van der Waals surface area contributed by atoms with Crippen molar-refractivity contribution in [2.75, 3.05) is 11.4 Å². The Morgan fingerprint density at radius 3 is 3.19 bits per heavy atom. The highest BCUT2D eigenvalue weighted by molar-refractivity contribution is 5.59. The standard InChI is InChI=1S/C13H15N3/c1-13-5-3-4-12(13)16(9-13)11-6-10(14-2)7-15-8-11/h6-8,12H,3-5,9H2,1H3/t12-,13-/m0/s1. The lowest BCUT2D eigenvalue weighted by Gasteiger charge is -2.54. The van der Waals surface area contributed by atoms with Gasteiger partial charge in [-0.1, -0.05) is 13.3 Å². The summed E-state index contributed by atoms with van der Waals surface area (Å²) in [6.45, 7) is 10.5. The topological polar surface area (TPSA) is 20.5 Å². The monoisotopic (exact) mass is 213 g/mol. The maximum absolute atomic E-state index is 7.01. The summed E-state index contributed by atoms with van der Waals surface area (Å²) in [6.07, 6.45) is 7.49. The van der Waals surface area contributed by atoms with E-state index in [1.807, 2.05) is 12.3 Å². The molecule has 1 aliphatic carbocycles. The van der Waals surface area contributed by atoms with E-state index in [-0.39, 0.29) is 0 Å². The molecular weight excluding hydrogens is 198 g/mol. The first-order chi connectivity index (χ1) is 7.73. The van der Waals surface area contributed by atoms with Crippen molar-refractivity contribution in [2.45, 2.75) is 32.2 Å². The van der Waals surface area contributed by atoms with Gasteiger partial charge in [-0.25, -0.2) is 4.85 Å². The highest BCUT2D eigenvalue weighted by Gasteiger charge is 2.51. The van der Waals surface area contributed by atoms with Crippen LogP contribution >= 0.6 is 0 Å². The van der Waals surface area contributed by atoms with Crippen molar-refractivity contribution >= 4 is 11.4 Å². The Morgan fingerprint density at radius 1 is 1.56 bits per heavy atom. The Balaban J connectivity index is 1.87. The largest absolute Gasteiger partial charge is 0.367 e. The molecule has 0 unspecified atom stereocenters. The highest BCUT2D eigenvalue weighted by Crippen LogP contribution is 2.51. The maximum Gasteiger partial charge on any atom is 0.207 e.